The summed E-state index contributed by atoms with van der Waals surface area (Å²) in [4.78, 5) is 0. The highest BCUT2D eigenvalue weighted by atomic mass is 15.1. The van der Waals surface area contributed by atoms with E-state index in [1.165, 1.54) is 0 Å². The van der Waals surface area contributed by atoms with Gasteiger partial charge >= 0.3 is 0 Å². The molecule has 0 unspecified atom stereocenters. The van der Waals surface area contributed by atoms with Crippen LogP contribution in [0.2, 0.25) is 0 Å². The van der Waals surface area contributed by atoms with Gasteiger partial charge in [-0.25, -0.2) is 0 Å². The Kier molecular flexibility index (Phi) is 2.46. The van der Waals surface area contributed by atoms with Crippen LogP contribution in [0.25, 0.3) is 0 Å². The Morgan fingerprint density at radius 3 is 2.57 bits per heavy atom. The van der Waals surface area contributed by atoms with Gasteiger partial charge in [-0.15, -0.1) is 0 Å². The second-order valence-electron chi connectivity index (χ2n) is 3.01. The number of aromatic nitrogens is 2. The summed E-state index contributed by atoms with van der Waals surface area (Å²) in [6, 6.07) is 8.00. The summed E-state index contributed by atoms with van der Waals surface area (Å²) < 4.78 is 0. The molecular weight excluding hydrogens is 176 g/mol. The minimum absolute atomic E-state index is 0.575. The Bertz CT molecular complexity index is 377. The molecule has 4 heteroatoms. The predicted octanol–water partition coefficient (Wildman–Crippen LogP) is 1.61. The summed E-state index contributed by atoms with van der Waals surface area (Å²) in [6.45, 7) is 0.575. The molecular formula is C10H12N4. The fourth-order valence-electron chi connectivity index (χ4n) is 1.21. The van der Waals surface area contributed by atoms with Crippen LogP contribution in [0.4, 0.5) is 11.4 Å². The zero-order chi connectivity index (χ0) is 9.80. The molecule has 0 atom stereocenters. The van der Waals surface area contributed by atoms with Gasteiger partial charge in [0.05, 0.1) is 11.9 Å². The van der Waals surface area contributed by atoms with E-state index < -0.39 is 0 Å². The quantitative estimate of drug-likeness (QED) is 0.685. The molecule has 2 aromatic rings. The maximum absolute atomic E-state index is 5.50. The molecule has 1 aromatic heterocycles. The average molecular weight is 188 g/mol. The van der Waals surface area contributed by atoms with Crippen molar-refractivity contribution in [2.75, 3.05) is 5.32 Å². The molecule has 2 rings (SSSR count). The highest BCUT2D eigenvalue weighted by Gasteiger charge is 1.94. The standard InChI is InChI=1S/C10H12N4/c11-5-8-1-3-9(4-2-8)14-10-6-12-13-7-10/h1-4,6-7,14H,5,11H2,(H,12,13). The van der Waals surface area contributed by atoms with E-state index in [1.54, 1.807) is 12.4 Å². The molecule has 0 radical (unpaired) electrons. The lowest BCUT2D eigenvalue weighted by Crippen LogP contribution is -1.96. The van der Waals surface area contributed by atoms with Crippen LogP contribution < -0.4 is 11.1 Å². The van der Waals surface area contributed by atoms with Crippen LogP contribution in [0, 0.1) is 0 Å². The van der Waals surface area contributed by atoms with Crippen LogP contribution in [-0.4, -0.2) is 10.2 Å². The molecule has 14 heavy (non-hydrogen) atoms. The van der Waals surface area contributed by atoms with Gasteiger partial charge in [0.25, 0.3) is 0 Å². The first-order valence-electron chi connectivity index (χ1n) is 4.43. The number of hydrogen-bond acceptors (Lipinski definition) is 3. The second-order valence-corrected chi connectivity index (χ2v) is 3.01. The van der Waals surface area contributed by atoms with E-state index in [0.29, 0.717) is 6.54 Å². The van der Waals surface area contributed by atoms with Crippen molar-refractivity contribution in [1.29, 1.82) is 0 Å². The summed E-state index contributed by atoms with van der Waals surface area (Å²) >= 11 is 0. The van der Waals surface area contributed by atoms with Crippen molar-refractivity contribution in [2.45, 2.75) is 6.54 Å². The summed E-state index contributed by atoms with van der Waals surface area (Å²) in [7, 11) is 0. The highest BCUT2D eigenvalue weighted by Crippen LogP contribution is 2.14. The Hall–Kier alpha value is -1.81. The van der Waals surface area contributed by atoms with Crippen LogP contribution in [0.3, 0.4) is 0 Å². The number of H-pyrrole nitrogens is 1. The van der Waals surface area contributed by atoms with Gasteiger partial charge in [-0.2, -0.15) is 5.10 Å². The first-order valence-corrected chi connectivity index (χ1v) is 4.43. The van der Waals surface area contributed by atoms with E-state index in [1.807, 2.05) is 24.3 Å². The van der Waals surface area contributed by atoms with E-state index in [4.69, 9.17) is 5.73 Å². The molecule has 72 valence electrons. The van der Waals surface area contributed by atoms with Gasteiger partial charge in [0.1, 0.15) is 0 Å². The third-order valence-electron chi connectivity index (χ3n) is 1.98. The SMILES string of the molecule is NCc1ccc(Nc2cn[nH]c2)cc1. The summed E-state index contributed by atoms with van der Waals surface area (Å²) in [5.74, 6) is 0. The Balaban J connectivity index is 2.10. The topological polar surface area (TPSA) is 66.7 Å². The molecule has 1 heterocycles. The molecule has 0 saturated heterocycles. The third-order valence-corrected chi connectivity index (χ3v) is 1.98. The first kappa shape index (κ1) is 8.77. The lowest BCUT2D eigenvalue weighted by Gasteiger charge is -2.03. The van der Waals surface area contributed by atoms with Gasteiger partial charge in [0.15, 0.2) is 0 Å². The normalized spacial score (nSPS) is 10.1. The Morgan fingerprint density at radius 1 is 1.21 bits per heavy atom. The van der Waals surface area contributed by atoms with Gasteiger partial charge in [0.2, 0.25) is 0 Å². The van der Waals surface area contributed by atoms with Crippen molar-refractivity contribution in [3.8, 4) is 0 Å². The van der Waals surface area contributed by atoms with Crippen LogP contribution >= 0.6 is 0 Å². The van der Waals surface area contributed by atoms with Crippen molar-refractivity contribution in [1.82, 2.24) is 10.2 Å². The van der Waals surface area contributed by atoms with E-state index in [9.17, 15) is 0 Å². The molecule has 0 aliphatic rings. The maximum Gasteiger partial charge on any atom is 0.0767 e. The fourth-order valence-corrected chi connectivity index (χ4v) is 1.21. The largest absolute Gasteiger partial charge is 0.353 e. The van der Waals surface area contributed by atoms with Crippen molar-refractivity contribution in [3.05, 3.63) is 42.2 Å². The summed E-state index contributed by atoms with van der Waals surface area (Å²) in [5.41, 5.74) is 8.61. The molecule has 0 spiro atoms. The van der Waals surface area contributed by atoms with Gasteiger partial charge in [-0.1, -0.05) is 12.1 Å². The predicted molar refractivity (Wildman–Crippen MR) is 56.2 cm³/mol. The number of aromatic amines is 1. The van der Waals surface area contributed by atoms with Crippen molar-refractivity contribution < 1.29 is 0 Å². The van der Waals surface area contributed by atoms with Crippen LogP contribution in [0.5, 0.6) is 0 Å². The van der Waals surface area contributed by atoms with Crippen LogP contribution in [0.15, 0.2) is 36.7 Å². The molecule has 0 amide bonds. The highest BCUT2D eigenvalue weighted by molar-refractivity contribution is 5.57. The molecule has 0 saturated carbocycles. The molecule has 4 nitrogen and oxygen atoms in total. The van der Waals surface area contributed by atoms with Gasteiger partial charge < -0.3 is 11.1 Å². The smallest absolute Gasteiger partial charge is 0.0767 e. The van der Waals surface area contributed by atoms with Crippen molar-refractivity contribution >= 4 is 11.4 Å². The number of hydrogen-bond donors (Lipinski definition) is 3. The maximum atomic E-state index is 5.50. The van der Waals surface area contributed by atoms with Crippen LogP contribution in [-0.2, 0) is 6.54 Å². The molecule has 0 aliphatic heterocycles. The lowest BCUT2D eigenvalue weighted by atomic mass is 10.2. The number of nitrogens with zero attached hydrogens (tertiary/aromatic N) is 1. The molecule has 0 bridgehead atoms. The monoisotopic (exact) mass is 188 g/mol. The number of benzene rings is 1. The van der Waals surface area contributed by atoms with E-state index in [0.717, 1.165) is 16.9 Å². The number of rotatable bonds is 3. The van der Waals surface area contributed by atoms with Gasteiger partial charge in [0, 0.05) is 18.4 Å². The molecule has 0 aliphatic carbocycles. The number of nitrogens with one attached hydrogen (secondary N) is 2. The van der Waals surface area contributed by atoms with E-state index in [-0.39, 0.29) is 0 Å². The minimum atomic E-state index is 0.575. The first-order chi connectivity index (χ1) is 6.88. The lowest BCUT2D eigenvalue weighted by molar-refractivity contribution is 1.07. The molecule has 4 N–H and O–H groups in total. The average Bonchev–Trinajstić information content (AvgIpc) is 2.72. The number of anilines is 2. The zero-order valence-corrected chi connectivity index (χ0v) is 7.70. The molecule has 0 fully saturated rings. The van der Waals surface area contributed by atoms with Crippen LogP contribution in [0.1, 0.15) is 5.56 Å². The Labute approximate surface area is 82.1 Å². The van der Waals surface area contributed by atoms with E-state index >= 15 is 0 Å². The summed E-state index contributed by atoms with van der Waals surface area (Å²) in [6.07, 6.45) is 3.54. The second kappa shape index (κ2) is 3.93. The van der Waals surface area contributed by atoms with Crippen molar-refractivity contribution in [2.24, 2.45) is 5.73 Å². The van der Waals surface area contributed by atoms with Gasteiger partial charge in [-0.3, -0.25) is 5.10 Å². The Morgan fingerprint density at radius 2 is 2.00 bits per heavy atom. The minimum Gasteiger partial charge on any atom is -0.353 e. The molecule has 1 aromatic carbocycles. The van der Waals surface area contributed by atoms with Gasteiger partial charge in [-0.05, 0) is 17.7 Å². The third kappa shape index (κ3) is 1.92. The summed E-state index contributed by atoms with van der Waals surface area (Å²) in [5, 5.41) is 9.79. The van der Waals surface area contributed by atoms with Crippen molar-refractivity contribution in [3.63, 3.8) is 0 Å². The zero-order valence-electron chi connectivity index (χ0n) is 7.70. The fraction of sp³-hybridized carbons (Fsp3) is 0.100. The van der Waals surface area contributed by atoms with E-state index in [2.05, 4.69) is 15.5 Å². The number of nitrogens with two attached hydrogens (primary N) is 1.